The minimum atomic E-state index is -0.187. The van der Waals surface area contributed by atoms with E-state index in [1.54, 1.807) is 0 Å². The predicted molar refractivity (Wildman–Crippen MR) is 56.7 cm³/mol. The van der Waals surface area contributed by atoms with Gasteiger partial charge in [0, 0.05) is 13.0 Å². The zero-order valence-corrected chi connectivity index (χ0v) is 9.48. The first-order chi connectivity index (χ1) is 7.36. The predicted octanol–water partition coefficient (Wildman–Crippen LogP) is 1.32. The van der Waals surface area contributed by atoms with E-state index in [1.807, 2.05) is 0 Å². The van der Waals surface area contributed by atoms with Crippen molar-refractivity contribution in [2.45, 2.75) is 45.0 Å². The number of unbranched alkanes of at least 4 members (excludes halogenated alkanes) is 2. The Kier molecular flexibility index (Phi) is 6.92. The molecule has 0 bridgehead atoms. The zero-order chi connectivity index (χ0) is 10.9. The second-order valence-electron chi connectivity index (χ2n) is 3.81. The van der Waals surface area contributed by atoms with Gasteiger partial charge < -0.3 is 19.3 Å². The van der Waals surface area contributed by atoms with Crippen molar-refractivity contribution >= 4 is 0 Å². The van der Waals surface area contributed by atoms with Crippen LogP contribution in [0.25, 0.3) is 0 Å². The standard InChI is InChI=1S/C11H22O4/c1-2-3-4-6-13-7-5-11-14-9-10(8-12)15-11/h10-12H,2-9H2,1H3/t10-,11-/m0/s1. The maximum atomic E-state index is 8.82. The first kappa shape index (κ1) is 12.9. The van der Waals surface area contributed by atoms with Crippen LogP contribution >= 0.6 is 0 Å². The summed E-state index contributed by atoms with van der Waals surface area (Å²) in [6.07, 6.45) is 3.99. The molecule has 4 nitrogen and oxygen atoms in total. The largest absolute Gasteiger partial charge is 0.394 e. The topological polar surface area (TPSA) is 47.9 Å². The van der Waals surface area contributed by atoms with E-state index in [0.29, 0.717) is 13.2 Å². The minimum absolute atomic E-state index is 0.0356. The summed E-state index contributed by atoms with van der Waals surface area (Å²) >= 11 is 0. The Morgan fingerprint density at radius 2 is 2.20 bits per heavy atom. The van der Waals surface area contributed by atoms with Crippen LogP contribution in [0.3, 0.4) is 0 Å². The molecular formula is C11H22O4. The molecule has 0 radical (unpaired) electrons. The van der Waals surface area contributed by atoms with Gasteiger partial charge in [-0.1, -0.05) is 19.8 Å². The summed E-state index contributed by atoms with van der Waals surface area (Å²) in [6.45, 7) is 4.20. The van der Waals surface area contributed by atoms with Gasteiger partial charge in [0.25, 0.3) is 0 Å². The SMILES string of the molecule is CCCCCOCC[C@H]1OC[C@H](CO)O1. The second kappa shape index (κ2) is 8.05. The number of aliphatic hydroxyl groups excluding tert-OH is 1. The average molecular weight is 218 g/mol. The summed E-state index contributed by atoms with van der Waals surface area (Å²) in [5.74, 6) is 0. The van der Waals surface area contributed by atoms with E-state index in [-0.39, 0.29) is 19.0 Å². The van der Waals surface area contributed by atoms with Crippen molar-refractivity contribution in [3.05, 3.63) is 0 Å². The van der Waals surface area contributed by atoms with Crippen LogP contribution < -0.4 is 0 Å². The van der Waals surface area contributed by atoms with E-state index in [2.05, 4.69) is 6.92 Å². The highest BCUT2D eigenvalue weighted by Crippen LogP contribution is 2.13. The van der Waals surface area contributed by atoms with Gasteiger partial charge in [-0.3, -0.25) is 0 Å². The molecule has 90 valence electrons. The number of hydrogen-bond donors (Lipinski definition) is 1. The zero-order valence-electron chi connectivity index (χ0n) is 9.48. The molecule has 1 saturated heterocycles. The molecule has 0 aromatic carbocycles. The fraction of sp³-hybridized carbons (Fsp3) is 1.00. The van der Waals surface area contributed by atoms with Crippen LogP contribution in [-0.2, 0) is 14.2 Å². The Morgan fingerprint density at radius 3 is 2.87 bits per heavy atom. The van der Waals surface area contributed by atoms with Crippen LogP contribution in [0.2, 0.25) is 0 Å². The van der Waals surface area contributed by atoms with Gasteiger partial charge in [-0.25, -0.2) is 0 Å². The van der Waals surface area contributed by atoms with Crippen LogP contribution in [0.4, 0.5) is 0 Å². The van der Waals surface area contributed by atoms with Crippen molar-refractivity contribution in [1.82, 2.24) is 0 Å². The van der Waals surface area contributed by atoms with Crippen LogP contribution in [0.5, 0.6) is 0 Å². The summed E-state index contributed by atoms with van der Waals surface area (Å²) < 4.78 is 16.2. The quantitative estimate of drug-likeness (QED) is 0.624. The molecule has 2 atom stereocenters. The second-order valence-corrected chi connectivity index (χ2v) is 3.81. The van der Waals surface area contributed by atoms with Crippen molar-refractivity contribution < 1.29 is 19.3 Å². The molecule has 0 saturated carbocycles. The highest BCUT2D eigenvalue weighted by atomic mass is 16.7. The monoisotopic (exact) mass is 218 g/mol. The molecule has 0 amide bonds. The molecule has 1 aliphatic rings. The van der Waals surface area contributed by atoms with Crippen molar-refractivity contribution in [2.24, 2.45) is 0 Å². The van der Waals surface area contributed by atoms with E-state index in [4.69, 9.17) is 19.3 Å². The Bertz CT molecular complexity index is 152. The third-order valence-electron chi connectivity index (χ3n) is 2.41. The van der Waals surface area contributed by atoms with Crippen molar-refractivity contribution in [3.8, 4) is 0 Å². The lowest BCUT2D eigenvalue weighted by Gasteiger charge is -2.10. The Hall–Kier alpha value is -0.160. The molecular weight excluding hydrogens is 196 g/mol. The van der Waals surface area contributed by atoms with E-state index in [0.717, 1.165) is 19.4 Å². The molecule has 15 heavy (non-hydrogen) atoms. The fourth-order valence-corrected chi connectivity index (χ4v) is 1.49. The van der Waals surface area contributed by atoms with Gasteiger partial charge in [-0.2, -0.15) is 0 Å². The van der Waals surface area contributed by atoms with Gasteiger partial charge in [0.2, 0.25) is 0 Å². The average Bonchev–Trinajstić information content (AvgIpc) is 2.71. The fourth-order valence-electron chi connectivity index (χ4n) is 1.49. The summed E-state index contributed by atoms with van der Waals surface area (Å²) in [7, 11) is 0. The summed E-state index contributed by atoms with van der Waals surface area (Å²) in [5, 5.41) is 8.82. The molecule has 1 aliphatic heterocycles. The third-order valence-corrected chi connectivity index (χ3v) is 2.41. The highest BCUT2D eigenvalue weighted by molar-refractivity contribution is 4.63. The van der Waals surface area contributed by atoms with Gasteiger partial charge in [0.05, 0.1) is 19.8 Å². The Balaban J connectivity index is 1.88. The number of aliphatic hydroxyl groups is 1. The van der Waals surface area contributed by atoms with Crippen molar-refractivity contribution in [3.63, 3.8) is 0 Å². The minimum Gasteiger partial charge on any atom is -0.394 e. The van der Waals surface area contributed by atoms with E-state index in [9.17, 15) is 0 Å². The number of rotatable bonds is 8. The van der Waals surface area contributed by atoms with Crippen molar-refractivity contribution in [2.75, 3.05) is 26.4 Å². The van der Waals surface area contributed by atoms with Crippen LogP contribution in [0.15, 0.2) is 0 Å². The van der Waals surface area contributed by atoms with Crippen LogP contribution in [-0.4, -0.2) is 43.9 Å². The van der Waals surface area contributed by atoms with Gasteiger partial charge in [0.15, 0.2) is 6.29 Å². The lowest BCUT2D eigenvalue weighted by Crippen LogP contribution is -2.17. The first-order valence-electron chi connectivity index (χ1n) is 5.82. The van der Waals surface area contributed by atoms with Crippen molar-refractivity contribution in [1.29, 1.82) is 0 Å². The van der Waals surface area contributed by atoms with Gasteiger partial charge in [-0.15, -0.1) is 0 Å². The summed E-state index contributed by atoms with van der Waals surface area (Å²) in [4.78, 5) is 0. The lowest BCUT2D eigenvalue weighted by molar-refractivity contribution is -0.0810. The van der Waals surface area contributed by atoms with E-state index < -0.39 is 0 Å². The molecule has 0 aromatic heterocycles. The summed E-state index contributed by atoms with van der Waals surface area (Å²) in [5.41, 5.74) is 0. The maximum Gasteiger partial charge on any atom is 0.160 e. The van der Waals surface area contributed by atoms with E-state index >= 15 is 0 Å². The maximum absolute atomic E-state index is 8.82. The summed E-state index contributed by atoms with van der Waals surface area (Å²) in [6, 6.07) is 0. The van der Waals surface area contributed by atoms with Gasteiger partial charge in [0.1, 0.15) is 6.10 Å². The number of ether oxygens (including phenoxy) is 3. The molecule has 0 spiro atoms. The molecule has 4 heteroatoms. The highest BCUT2D eigenvalue weighted by Gasteiger charge is 2.24. The molecule has 0 aromatic rings. The molecule has 1 rings (SSSR count). The van der Waals surface area contributed by atoms with E-state index in [1.165, 1.54) is 12.8 Å². The van der Waals surface area contributed by atoms with Crippen LogP contribution in [0, 0.1) is 0 Å². The molecule has 0 aliphatic carbocycles. The number of hydrogen-bond acceptors (Lipinski definition) is 4. The smallest absolute Gasteiger partial charge is 0.160 e. The molecule has 1 N–H and O–H groups in total. The van der Waals surface area contributed by atoms with Crippen LogP contribution in [0.1, 0.15) is 32.6 Å². The Morgan fingerprint density at radius 1 is 1.33 bits per heavy atom. The molecule has 1 fully saturated rings. The third kappa shape index (κ3) is 5.47. The lowest BCUT2D eigenvalue weighted by atomic mass is 10.3. The molecule has 0 unspecified atom stereocenters. The van der Waals surface area contributed by atoms with Gasteiger partial charge in [-0.05, 0) is 6.42 Å². The molecule has 1 heterocycles. The van der Waals surface area contributed by atoms with Gasteiger partial charge >= 0.3 is 0 Å². The normalized spacial score (nSPS) is 26.0. The Labute approximate surface area is 91.5 Å². The first-order valence-corrected chi connectivity index (χ1v) is 5.82.